The van der Waals surface area contributed by atoms with Crippen LogP contribution in [0.5, 0.6) is 0 Å². The largest absolute Gasteiger partial charge is 0.308 e. The molecule has 22 heavy (non-hydrogen) atoms. The zero-order valence-electron chi connectivity index (χ0n) is 11.7. The van der Waals surface area contributed by atoms with E-state index in [1.54, 1.807) is 24.8 Å². The maximum Gasteiger partial charge on any atom is 0.137 e. The van der Waals surface area contributed by atoms with Crippen molar-refractivity contribution in [3.8, 4) is 5.82 Å². The lowest BCUT2D eigenvalue weighted by molar-refractivity contribution is 0.587. The van der Waals surface area contributed by atoms with E-state index in [1.807, 2.05) is 29.0 Å². The Kier molecular flexibility index (Phi) is 4.60. The number of imidazole rings is 1. The molecule has 0 saturated heterocycles. The molecule has 2 heterocycles. The van der Waals surface area contributed by atoms with Crippen molar-refractivity contribution in [2.45, 2.75) is 13.1 Å². The molecule has 0 aliphatic heterocycles. The molecule has 4 nitrogen and oxygen atoms in total. The van der Waals surface area contributed by atoms with Gasteiger partial charge in [-0.05, 0) is 23.8 Å². The third kappa shape index (κ3) is 3.58. The highest BCUT2D eigenvalue weighted by atomic mass is 79.9. The van der Waals surface area contributed by atoms with Crippen LogP contribution in [0, 0.1) is 5.82 Å². The molecule has 1 N–H and O–H groups in total. The fraction of sp³-hybridized carbons (Fsp3) is 0.125. The summed E-state index contributed by atoms with van der Waals surface area (Å²) in [6.07, 6.45) is 7.07. The standard InChI is InChI=1S/C16H14BrFN4/c17-14-3-2-13(15(18)7-14)10-20-8-12-1-4-16(21-9-12)22-6-5-19-11-22/h1-7,9,11,20H,8,10H2. The highest BCUT2D eigenvalue weighted by molar-refractivity contribution is 9.10. The molecule has 0 saturated carbocycles. The van der Waals surface area contributed by atoms with Gasteiger partial charge in [-0.2, -0.15) is 0 Å². The summed E-state index contributed by atoms with van der Waals surface area (Å²) in [4.78, 5) is 8.37. The van der Waals surface area contributed by atoms with Crippen molar-refractivity contribution < 1.29 is 4.39 Å². The van der Waals surface area contributed by atoms with E-state index in [1.165, 1.54) is 6.07 Å². The first-order valence-electron chi connectivity index (χ1n) is 6.80. The summed E-state index contributed by atoms with van der Waals surface area (Å²) in [5, 5.41) is 3.22. The Morgan fingerprint density at radius 2 is 2.09 bits per heavy atom. The van der Waals surface area contributed by atoms with Crippen molar-refractivity contribution in [1.82, 2.24) is 19.9 Å². The van der Waals surface area contributed by atoms with Gasteiger partial charge in [-0.25, -0.2) is 14.4 Å². The van der Waals surface area contributed by atoms with Crippen LogP contribution in [-0.4, -0.2) is 14.5 Å². The lowest BCUT2D eigenvalue weighted by Gasteiger charge is -2.07. The van der Waals surface area contributed by atoms with Gasteiger partial charge < -0.3 is 5.32 Å². The molecule has 0 bridgehead atoms. The summed E-state index contributed by atoms with van der Waals surface area (Å²) >= 11 is 3.25. The number of hydrogen-bond acceptors (Lipinski definition) is 3. The smallest absolute Gasteiger partial charge is 0.137 e. The molecule has 0 fully saturated rings. The number of nitrogens with zero attached hydrogens (tertiary/aromatic N) is 3. The van der Waals surface area contributed by atoms with Gasteiger partial charge in [0.1, 0.15) is 18.0 Å². The molecule has 0 aliphatic rings. The second-order valence-electron chi connectivity index (χ2n) is 4.83. The van der Waals surface area contributed by atoms with Crippen LogP contribution in [0.4, 0.5) is 4.39 Å². The number of halogens is 2. The quantitative estimate of drug-likeness (QED) is 0.757. The minimum Gasteiger partial charge on any atom is -0.308 e. The second kappa shape index (κ2) is 6.81. The highest BCUT2D eigenvalue weighted by Crippen LogP contribution is 2.15. The van der Waals surface area contributed by atoms with Gasteiger partial charge in [-0.15, -0.1) is 0 Å². The third-order valence-corrected chi connectivity index (χ3v) is 3.73. The molecule has 2 aromatic heterocycles. The molecule has 0 atom stereocenters. The Morgan fingerprint density at radius 1 is 1.18 bits per heavy atom. The van der Waals surface area contributed by atoms with Gasteiger partial charge in [-0.1, -0.05) is 28.1 Å². The molecule has 0 aliphatic carbocycles. The normalized spacial score (nSPS) is 10.8. The summed E-state index contributed by atoms with van der Waals surface area (Å²) in [5.41, 5.74) is 1.69. The summed E-state index contributed by atoms with van der Waals surface area (Å²) in [7, 11) is 0. The molecule has 3 rings (SSSR count). The maximum absolute atomic E-state index is 13.7. The first-order chi connectivity index (χ1) is 10.7. The van der Waals surface area contributed by atoms with Gasteiger partial charge in [0, 0.05) is 41.7 Å². The van der Waals surface area contributed by atoms with E-state index < -0.39 is 0 Å². The average molecular weight is 361 g/mol. The summed E-state index contributed by atoms with van der Waals surface area (Å²) in [6.45, 7) is 1.11. The zero-order valence-corrected chi connectivity index (χ0v) is 13.3. The summed E-state index contributed by atoms with van der Waals surface area (Å²) in [5.74, 6) is 0.607. The predicted octanol–water partition coefficient (Wildman–Crippen LogP) is 3.46. The van der Waals surface area contributed by atoms with Crippen molar-refractivity contribution in [2.75, 3.05) is 0 Å². The van der Waals surface area contributed by atoms with Gasteiger partial charge in [0.15, 0.2) is 0 Å². The third-order valence-electron chi connectivity index (χ3n) is 3.24. The molecule has 0 radical (unpaired) electrons. The molecule has 0 unspecified atom stereocenters. The van der Waals surface area contributed by atoms with Gasteiger partial charge in [-0.3, -0.25) is 4.57 Å². The summed E-state index contributed by atoms with van der Waals surface area (Å²) in [6, 6.07) is 9.00. The monoisotopic (exact) mass is 360 g/mol. The SMILES string of the molecule is Fc1cc(Br)ccc1CNCc1ccc(-n2ccnc2)nc1. The van der Waals surface area contributed by atoms with E-state index in [2.05, 4.69) is 31.2 Å². The predicted molar refractivity (Wildman–Crippen MR) is 86.0 cm³/mol. The van der Waals surface area contributed by atoms with Crippen LogP contribution < -0.4 is 5.32 Å². The van der Waals surface area contributed by atoms with E-state index in [9.17, 15) is 4.39 Å². The minimum atomic E-state index is -0.213. The fourth-order valence-corrected chi connectivity index (χ4v) is 2.41. The van der Waals surface area contributed by atoms with Gasteiger partial charge in [0.2, 0.25) is 0 Å². The van der Waals surface area contributed by atoms with Gasteiger partial charge >= 0.3 is 0 Å². The van der Waals surface area contributed by atoms with E-state index in [0.29, 0.717) is 18.7 Å². The minimum absolute atomic E-state index is 0.213. The number of rotatable bonds is 5. The Morgan fingerprint density at radius 3 is 2.77 bits per heavy atom. The van der Waals surface area contributed by atoms with Crippen LogP contribution >= 0.6 is 15.9 Å². The van der Waals surface area contributed by atoms with Crippen molar-refractivity contribution in [3.05, 3.63) is 76.7 Å². The lowest BCUT2D eigenvalue weighted by atomic mass is 10.2. The molecule has 1 aromatic carbocycles. The summed E-state index contributed by atoms with van der Waals surface area (Å²) < 4.78 is 16.3. The first kappa shape index (κ1) is 14.9. The van der Waals surface area contributed by atoms with Crippen LogP contribution in [0.2, 0.25) is 0 Å². The number of benzene rings is 1. The molecular formula is C16H14BrFN4. The van der Waals surface area contributed by atoms with Crippen LogP contribution in [0.1, 0.15) is 11.1 Å². The van der Waals surface area contributed by atoms with Crippen LogP contribution in [0.3, 0.4) is 0 Å². The Balaban J connectivity index is 1.57. The van der Waals surface area contributed by atoms with Crippen molar-refractivity contribution in [1.29, 1.82) is 0 Å². The van der Waals surface area contributed by atoms with E-state index >= 15 is 0 Å². The molecule has 0 amide bonds. The molecule has 6 heteroatoms. The van der Waals surface area contributed by atoms with Crippen LogP contribution in [0.25, 0.3) is 5.82 Å². The van der Waals surface area contributed by atoms with Crippen molar-refractivity contribution >= 4 is 15.9 Å². The molecule has 3 aromatic rings. The van der Waals surface area contributed by atoms with E-state index in [4.69, 9.17) is 0 Å². The van der Waals surface area contributed by atoms with Crippen molar-refractivity contribution in [3.63, 3.8) is 0 Å². The van der Waals surface area contributed by atoms with E-state index in [-0.39, 0.29) is 5.82 Å². The number of hydrogen-bond donors (Lipinski definition) is 1. The topological polar surface area (TPSA) is 42.7 Å². The van der Waals surface area contributed by atoms with E-state index in [0.717, 1.165) is 15.9 Å². The van der Waals surface area contributed by atoms with Crippen LogP contribution in [0.15, 0.2) is 59.7 Å². The molecule has 0 spiro atoms. The first-order valence-corrected chi connectivity index (χ1v) is 7.59. The lowest BCUT2D eigenvalue weighted by Crippen LogP contribution is -2.14. The maximum atomic E-state index is 13.7. The molecule has 112 valence electrons. The number of aromatic nitrogens is 3. The van der Waals surface area contributed by atoms with Crippen LogP contribution in [-0.2, 0) is 13.1 Å². The molecular weight excluding hydrogens is 347 g/mol. The zero-order chi connectivity index (χ0) is 15.4. The number of nitrogens with one attached hydrogen (secondary N) is 1. The highest BCUT2D eigenvalue weighted by Gasteiger charge is 2.03. The Hall–Kier alpha value is -2.05. The average Bonchev–Trinajstić information content (AvgIpc) is 3.04. The Labute approximate surface area is 136 Å². The van der Waals surface area contributed by atoms with Crippen molar-refractivity contribution in [2.24, 2.45) is 0 Å². The van der Waals surface area contributed by atoms with Gasteiger partial charge in [0.25, 0.3) is 0 Å². The fourth-order valence-electron chi connectivity index (χ4n) is 2.08. The van der Waals surface area contributed by atoms with Gasteiger partial charge in [0.05, 0.1) is 0 Å². The Bertz CT molecular complexity index is 741. The second-order valence-corrected chi connectivity index (χ2v) is 5.75. The number of pyridine rings is 1.